The molecule has 3 nitrogen and oxygen atoms in total. The average Bonchev–Trinajstić information content (AvgIpc) is 2.44. The van der Waals surface area contributed by atoms with E-state index < -0.39 is 0 Å². The lowest BCUT2D eigenvalue weighted by atomic mass is 9.99. The van der Waals surface area contributed by atoms with Crippen molar-refractivity contribution >= 4 is 17.4 Å². The molecule has 0 spiro atoms. The first-order valence-electron chi connectivity index (χ1n) is 6.50. The lowest BCUT2D eigenvalue weighted by Gasteiger charge is -2.11. The molecule has 0 aliphatic rings. The van der Waals surface area contributed by atoms with E-state index in [-0.39, 0.29) is 5.78 Å². The van der Waals surface area contributed by atoms with Crippen LogP contribution in [-0.2, 0) is 0 Å². The van der Waals surface area contributed by atoms with E-state index in [2.05, 4.69) is 0 Å². The molecule has 0 aliphatic heterocycles. The second-order valence-corrected chi connectivity index (χ2v) is 5.31. The van der Waals surface area contributed by atoms with Gasteiger partial charge in [0.1, 0.15) is 0 Å². The smallest absolute Gasteiger partial charge is 0.193 e. The highest BCUT2D eigenvalue weighted by atomic mass is 35.5. The Hall–Kier alpha value is -2.00. The molecule has 110 valence electrons. The molecule has 0 radical (unpaired) electrons. The van der Waals surface area contributed by atoms with Gasteiger partial charge in [-0.15, -0.1) is 0 Å². The van der Waals surface area contributed by atoms with Crippen molar-refractivity contribution in [2.75, 3.05) is 14.2 Å². The summed E-state index contributed by atoms with van der Waals surface area (Å²) in [6, 6.07) is 8.99. The zero-order chi connectivity index (χ0) is 15.6. The molecule has 0 saturated heterocycles. The van der Waals surface area contributed by atoms with Crippen LogP contribution in [0.5, 0.6) is 11.5 Å². The molecule has 0 unspecified atom stereocenters. The Kier molecular flexibility index (Phi) is 4.53. The van der Waals surface area contributed by atoms with Crippen LogP contribution in [-0.4, -0.2) is 20.0 Å². The summed E-state index contributed by atoms with van der Waals surface area (Å²) < 4.78 is 10.4. The number of ketones is 1. The SMILES string of the molecule is COc1cc(C(=O)c2cc(C)cc(C)c2)cc(Cl)c1OC. The molecule has 0 aliphatic carbocycles. The van der Waals surface area contributed by atoms with Gasteiger partial charge in [0.15, 0.2) is 17.3 Å². The summed E-state index contributed by atoms with van der Waals surface area (Å²) in [5.41, 5.74) is 3.20. The van der Waals surface area contributed by atoms with Gasteiger partial charge in [-0.2, -0.15) is 0 Å². The summed E-state index contributed by atoms with van der Waals surface area (Å²) >= 11 is 6.15. The van der Waals surface area contributed by atoms with Gasteiger partial charge < -0.3 is 9.47 Å². The lowest BCUT2D eigenvalue weighted by Crippen LogP contribution is -2.04. The monoisotopic (exact) mass is 304 g/mol. The highest BCUT2D eigenvalue weighted by Crippen LogP contribution is 2.36. The molecule has 0 atom stereocenters. The quantitative estimate of drug-likeness (QED) is 0.794. The maximum atomic E-state index is 12.6. The average molecular weight is 305 g/mol. The minimum absolute atomic E-state index is 0.0929. The van der Waals surface area contributed by atoms with Crippen LogP contribution >= 0.6 is 11.6 Å². The standard InChI is InChI=1S/C17H17ClO3/c1-10-5-11(2)7-12(6-10)16(19)13-8-14(18)17(21-4)15(9-13)20-3/h5-9H,1-4H3. The summed E-state index contributed by atoms with van der Waals surface area (Å²) in [5, 5.41) is 0.351. The van der Waals surface area contributed by atoms with Crippen molar-refractivity contribution in [3.05, 3.63) is 57.6 Å². The fourth-order valence-electron chi connectivity index (χ4n) is 2.32. The number of hydrogen-bond acceptors (Lipinski definition) is 3. The molecule has 0 heterocycles. The van der Waals surface area contributed by atoms with Crippen LogP contribution in [0.1, 0.15) is 27.0 Å². The van der Waals surface area contributed by atoms with Crippen molar-refractivity contribution in [2.45, 2.75) is 13.8 Å². The largest absolute Gasteiger partial charge is 0.493 e. The molecule has 0 fully saturated rings. The molecule has 0 amide bonds. The fourth-order valence-corrected chi connectivity index (χ4v) is 2.61. The molecule has 0 bridgehead atoms. The van der Waals surface area contributed by atoms with Gasteiger partial charge in [0.2, 0.25) is 0 Å². The van der Waals surface area contributed by atoms with Gasteiger partial charge in [-0.05, 0) is 38.1 Å². The Bertz CT molecular complexity index is 672. The minimum atomic E-state index is -0.0929. The van der Waals surface area contributed by atoms with Gasteiger partial charge in [-0.3, -0.25) is 4.79 Å². The second-order valence-electron chi connectivity index (χ2n) is 4.90. The van der Waals surface area contributed by atoms with Crippen molar-refractivity contribution < 1.29 is 14.3 Å². The van der Waals surface area contributed by atoms with Crippen molar-refractivity contribution in [3.8, 4) is 11.5 Å². The van der Waals surface area contributed by atoms with Crippen LogP contribution in [0, 0.1) is 13.8 Å². The first kappa shape index (κ1) is 15.4. The van der Waals surface area contributed by atoms with E-state index in [9.17, 15) is 4.79 Å². The van der Waals surface area contributed by atoms with Gasteiger partial charge in [-0.25, -0.2) is 0 Å². The number of carbonyl (C=O) groups excluding carboxylic acids is 1. The third kappa shape index (κ3) is 3.19. The Morgan fingerprint density at radius 3 is 2.00 bits per heavy atom. The summed E-state index contributed by atoms with van der Waals surface area (Å²) in [6.07, 6.45) is 0. The normalized spacial score (nSPS) is 10.3. The molecular weight excluding hydrogens is 288 g/mol. The molecule has 0 aromatic heterocycles. The molecule has 2 aromatic carbocycles. The maximum Gasteiger partial charge on any atom is 0.193 e. The van der Waals surface area contributed by atoms with Crippen molar-refractivity contribution in [3.63, 3.8) is 0 Å². The number of hydrogen-bond donors (Lipinski definition) is 0. The number of aryl methyl sites for hydroxylation is 2. The predicted molar refractivity (Wildman–Crippen MR) is 83.9 cm³/mol. The summed E-state index contributed by atoms with van der Waals surface area (Å²) in [4.78, 5) is 12.6. The number of methoxy groups -OCH3 is 2. The van der Waals surface area contributed by atoms with Crippen molar-refractivity contribution in [1.82, 2.24) is 0 Å². The number of ether oxygens (including phenoxy) is 2. The molecule has 0 saturated carbocycles. The van der Waals surface area contributed by atoms with Gasteiger partial charge in [0, 0.05) is 11.1 Å². The third-order valence-corrected chi connectivity index (χ3v) is 3.46. The molecule has 0 N–H and O–H groups in total. The van der Waals surface area contributed by atoms with Crippen LogP contribution in [0.3, 0.4) is 0 Å². The molecule has 2 aromatic rings. The van der Waals surface area contributed by atoms with Crippen LogP contribution in [0.15, 0.2) is 30.3 Å². The van der Waals surface area contributed by atoms with Crippen LogP contribution < -0.4 is 9.47 Å². The zero-order valence-corrected chi connectivity index (χ0v) is 13.2. The molecule has 4 heteroatoms. The van der Waals surface area contributed by atoms with Crippen LogP contribution in [0.2, 0.25) is 5.02 Å². The summed E-state index contributed by atoms with van der Waals surface area (Å²) in [6.45, 7) is 3.93. The number of benzene rings is 2. The highest BCUT2D eigenvalue weighted by molar-refractivity contribution is 6.33. The lowest BCUT2D eigenvalue weighted by molar-refractivity contribution is 0.103. The Morgan fingerprint density at radius 2 is 1.48 bits per heavy atom. The van der Waals surface area contributed by atoms with Crippen LogP contribution in [0.25, 0.3) is 0 Å². The Morgan fingerprint density at radius 1 is 0.905 bits per heavy atom. The van der Waals surface area contributed by atoms with Gasteiger partial charge >= 0.3 is 0 Å². The number of rotatable bonds is 4. The molecule has 2 rings (SSSR count). The van der Waals surface area contributed by atoms with E-state index in [1.54, 1.807) is 12.1 Å². The second kappa shape index (κ2) is 6.19. The third-order valence-electron chi connectivity index (χ3n) is 3.18. The van der Waals surface area contributed by atoms with E-state index in [1.165, 1.54) is 14.2 Å². The zero-order valence-electron chi connectivity index (χ0n) is 12.5. The van der Waals surface area contributed by atoms with E-state index >= 15 is 0 Å². The first-order valence-corrected chi connectivity index (χ1v) is 6.88. The predicted octanol–water partition coefficient (Wildman–Crippen LogP) is 4.21. The Balaban J connectivity index is 2.51. The van der Waals surface area contributed by atoms with Gasteiger partial charge in [0.25, 0.3) is 0 Å². The fraction of sp³-hybridized carbons (Fsp3) is 0.235. The van der Waals surface area contributed by atoms with E-state index in [1.807, 2.05) is 32.0 Å². The number of halogens is 1. The van der Waals surface area contributed by atoms with E-state index in [0.29, 0.717) is 27.6 Å². The van der Waals surface area contributed by atoms with Gasteiger partial charge in [-0.1, -0.05) is 28.8 Å². The first-order chi connectivity index (χ1) is 9.96. The summed E-state index contributed by atoms with van der Waals surface area (Å²) in [7, 11) is 3.02. The highest BCUT2D eigenvalue weighted by Gasteiger charge is 2.16. The molecule has 21 heavy (non-hydrogen) atoms. The maximum absolute atomic E-state index is 12.6. The minimum Gasteiger partial charge on any atom is -0.493 e. The van der Waals surface area contributed by atoms with Crippen LogP contribution in [0.4, 0.5) is 0 Å². The topological polar surface area (TPSA) is 35.5 Å². The summed E-state index contributed by atoms with van der Waals surface area (Å²) in [5.74, 6) is 0.776. The van der Waals surface area contributed by atoms with E-state index in [4.69, 9.17) is 21.1 Å². The van der Waals surface area contributed by atoms with Crippen molar-refractivity contribution in [1.29, 1.82) is 0 Å². The van der Waals surface area contributed by atoms with E-state index in [0.717, 1.165) is 11.1 Å². The van der Waals surface area contributed by atoms with Gasteiger partial charge in [0.05, 0.1) is 19.2 Å². The molecular formula is C17H17ClO3. The number of carbonyl (C=O) groups is 1. The Labute approximate surface area is 129 Å². The van der Waals surface area contributed by atoms with Crippen molar-refractivity contribution in [2.24, 2.45) is 0 Å².